The first-order valence-corrected chi connectivity index (χ1v) is 11.8. The van der Waals surface area contributed by atoms with Gasteiger partial charge in [-0.05, 0) is 20.8 Å². The number of carbonyl (C=O) groups excluding carboxylic acids is 8. The zero-order chi connectivity index (χ0) is 30.8. The summed E-state index contributed by atoms with van der Waals surface area (Å²) in [7, 11) is 0. The van der Waals surface area contributed by atoms with Crippen LogP contribution in [-0.2, 0) is 43.2 Å². The molecule has 40 heavy (non-hydrogen) atoms. The van der Waals surface area contributed by atoms with Gasteiger partial charge in [0.1, 0.15) is 18.1 Å². The lowest BCUT2D eigenvalue weighted by Crippen LogP contribution is -2.52. The largest absolute Gasteiger partial charge is 0.480 e. The summed E-state index contributed by atoms with van der Waals surface area (Å²) in [4.78, 5) is 104. The Morgan fingerprint density at radius 1 is 0.500 bits per heavy atom. The lowest BCUT2D eigenvalue weighted by atomic mass is 10.3. The second kappa shape index (κ2) is 18.4. The summed E-state index contributed by atoms with van der Waals surface area (Å²) in [6.45, 7) is 1.11. The van der Waals surface area contributed by atoms with Crippen LogP contribution in [0, 0.1) is 0 Å². The highest BCUT2D eigenvalue weighted by molar-refractivity contribution is 5.94. The minimum absolute atomic E-state index is 0.303. The standard InChI is InChI=1S/C21H35N9O10/c1-10(29-18(36)9-27-20(38)11(2)28-16(34)7-23-13(31)4-22)19(37)26-6-15(33)24-5-14(32)25-8-17(35)30-12(3)21(39)40/h10-12H,4-9,22H2,1-3H3,(H,23,31)(H,24,33)(H,25,32)(H,26,37)(H,27,38)(H,28,34)(H,29,36)(H,30,35)(H,39,40)/t10-,11-,12-/m0/s1. The SMILES string of the molecule is C[C@H](NC(=O)CNC(=O)CNC(=O)CNC(=O)[C@H](C)NC(=O)CNC(=O)[C@H](C)NC(=O)CNC(=O)CN)C(=O)O. The van der Waals surface area contributed by atoms with Crippen LogP contribution < -0.4 is 48.3 Å². The maximum absolute atomic E-state index is 12.1. The molecular formula is C21H35N9O10. The number of amides is 8. The summed E-state index contributed by atoms with van der Waals surface area (Å²) in [5.74, 6) is -6.90. The first-order chi connectivity index (χ1) is 18.7. The van der Waals surface area contributed by atoms with Crippen molar-refractivity contribution in [3.8, 4) is 0 Å². The van der Waals surface area contributed by atoms with Gasteiger partial charge in [-0.25, -0.2) is 0 Å². The Kier molecular flexibility index (Phi) is 16.2. The lowest BCUT2D eigenvalue weighted by molar-refractivity contribution is -0.141. The predicted molar refractivity (Wildman–Crippen MR) is 135 cm³/mol. The van der Waals surface area contributed by atoms with E-state index in [0.29, 0.717) is 0 Å². The second-order valence-electron chi connectivity index (χ2n) is 8.18. The van der Waals surface area contributed by atoms with Gasteiger partial charge in [0.15, 0.2) is 0 Å². The lowest BCUT2D eigenvalue weighted by Gasteiger charge is -2.16. The van der Waals surface area contributed by atoms with Crippen molar-refractivity contribution in [2.75, 3.05) is 39.3 Å². The average Bonchev–Trinajstić information content (AvgIpc) is 2.90. The molecule has 0 fully saturated rings. The Balaban J connectivity index is 4.23. The summed E-state index contributed by atoms with van der Waals surface area (Å²) in [5, 5.41) is 26.5. The van der Waals surface area contributed by atoms with Gasteiger partial charge in [0, 0.05) is 0 Å². The molecule has 0 rings (SSSR count). The molecule has 19 heteroatoms. The predicted octanol–water partition coefficient (Wildman–Crippen LogP) is -6.88. The molecule has 3 atom stereocenters. The highest BCUT2D eigenvalue weighted by atomic mass is 16.4. The molecule has 0 heterocycles. The monoisotopic (exact) mass is 573 g/mol. The zero-order valence-electron chi connectivity index (χ0n) is 22.2. The van der Waals surface area contributed by atoms with Crippen molar-refractivity contribution in [2.45, 2.75) is 38.9 Å². The van der Waals surface area contributed by atoms with Crippen LogP contribution in [0.3, 0.4) is 0 Å². The molecule has 0 aliphatic rings. The van der Waals surface area contributed by atoms with Gasteiger partial charge >= 0.3 is 5.97 Å². The fourth-order valence-corrected chi connectivity index (χ4v) is 2.45. The molecule has 8 amide bonds. The molecule has 224 valence electrons. The Morgan fingerprint density at radius 2 is 0.800 bits per heavy atom. The van der Waals surface area contributed by atoms with E-state index in [0.717, 1.165) is 0 Å². The Morgan fingerprint density at radius 3 is 1.18 bits per heavy atom. The summed E-state index contributed by atoms with van der Waals surface area (Å²) >= 11 is 0. The van der Waals surface area contributed by atoms with Crippen LogP contribution in [0.1, 0.15) is 20.8 Å². The van der Waals surface area contributed by atoms with Crippen molar-refractivity contribution in [3.63, 3.8) is 0 Å². The van der Waals surface area contributed by atoms with Gasteiger partial charge in [-0.3, -0.25) is 43.2 Å². The minimum Gasteiger partial charge on any atom is -0.480 e. The highest BCUT2D eigenvalue weighted by Gasteiger charge is 2.20. The molecule has 11 N–H and O–H groups in total. The van der Waals surface area contributed by atoms with Gasteiger partial charge in [-0.2, -0.15) is 0 Å². The number of aliphatic carboxylic acids is 1. The number of carboxylic acid groups (broad SMARTS) is 1. The normalized spacial score (nSPS) is 12.3. The summed E-state index contributed by atoms with van der Waals surface area (Å²) in [5.41, 5.74) is 5.09. The molecule has 0 aliphatic carbocycles. The molecular weight excluding hydrogens is 538 g/mol. The Hall–Kier alpha value is -4.81. The van der Waals surface area contributed by atoms with Crippen LogP contribution in [0.4, 0.5) is 0 Å². The van der Waals surface area contributed by atoms with Crippen LogP contribution in [-0.4, -0.2) is 116 Å². The van der Waals surface area contributed by atoms with Crippen LogP contribution >= 0.6 is 0 Å². The number of nitrogens with two attached hydrogens (primary N) is 1. The van der Waals surface area contributed by atoms with Gasteiger partial charge in [0.05, 0.1) is 39.3 Å². The molecule has 0 unspecified atom stereocenters. The van der Waals surface area contributed by atoms with Crippen molar-refractivity contribution >= 4 is 53.2 Å². The van der Waals surface area contributed by atoms with Crippen molar-refractivity contribution in [1.29, 1.82) is 0 Å². The molecule has 0 spiro atoms. The van der Waals surface area contributed by atoms with E-state index >= 15 is 0 Å². The van der Waals surface area contributed by atoms with E-state index in [9.17, 15) is 43.2 Å². The van der Waals surface area contributed by atoms with Crippen LogP contribution in [0.15, 0.2) is 0 Å². The average molecular weight is 574 g/mol. The number of carbonyl (C=O) groups is 9. The molecule has 0 aromatic heterocycles. The quantitative estimate of drug-likeness (QED) is 0.0779. The van der Waals surface area contributed by atoms with E-state index in [4.69, 9.17) is 10.8 Å². The van der Waals surface area contributed by atoms with E-state index < -0.39 is 97.5 Å². The number of rotatable bonds is 17. The third kappa shape index (κ3) is 16.1. The molecule has 0 saturated heterocycles. The van der Waals surface area contributed by atoms with E-state index in [2.05, 4.69) is 42.5 Å². The van der Waals surface area contributed by atoms with Crippen molar-refractivity contribution < 1.29 is 48.3 Å². The third-order valence-electron chi connectivity index (χ3n) is 4.66. The molecule has 0 radical (unpaired) electrons. The summed E-state index contributed by atoms with van der Waals surface area (Å²) < 4.78 is 0. The molecule has 0 aromatic rings. The van der Waals surface area contributed by atoms with E-state index in [1.807, 2.05) is 0 Å². The van der Waals surface area contributed by atoms with Gasteiger partial charge in [-0.15, -0.1) is 0 Å². The number of hydrogen-bond donors (Lipinski definition) is 10. The van der Waals surface area contributed by atoms with Gasteiger partial charge in [-0.1, -0.05) is 0 Å². The Bertz CT molecular complexity index is 988. The third-order valence-corrected chi connectivity index (χ3v) is 4.66. The van der Waals surface area contributed by atoms with E-state index in [1.165, 1.54) is 20.8 Å². The molecule has 0 aliphatic heterocycles. The van der Waals surface area contributed by atoms with E-state index in [-0.39, 0.29) is 13.1 Å². The van der Waals surface area contributed by atoms with Crippen molar-refractivity contribution in [2.24, 2.45) is 5.73 Å². The molecule has 19 nitrogen and oxygen atoms in total. The Labute approximate surface area is 228 Å². The second-order valence-corrected chi connectivity index (χ2v) is 8.18. The van der Waals surface area contributed by atoms with Crippen molar-refractivity contribution in [3.05, 3.63) is 0 Å². The maximum atomic E-state index is 12.1. The minimum atomic E-state index is -1.25. The molecule has 0 aromatic carbocycles. The number of carboxylic acids is 1. The van der Waals surface area contributed by atoms with Gasteiger partial charge in [0.2, 0.25) is 47.3 Å². The topological polar surface area (TPSA) is 296 Å². The fourth-order valence-electron chi connectivity index (χ4n) is 2.45. The van der Waals surface area contributed by atoms with Gasteiger partial charge in [0.25, 0.3) is 0 Å². The maximum Gasteiger partial charge on any atom is 0.325 e. The molecule has 0 bridgehead atoms. The first-order valence-electron chi connectivity index (χ1n) is 11.8. The highest BCUT2D eigenvalue weighted by Crippen LogP contribution is 1.85. The van der Waals surface area contributed by atoms with Crippen LogP contribution in [0.25, 0.3) is 0 Å². The fraction of sp³-hybridized carbons (Fsp3) is 0.571. The van der Waals surface area contributed by atoms with Crippen LogP contribution in [0.2, 0.25) is 0 Å². The van der Waals surface area contributed by atoms with Gasteiger partial charge < -0.3 is 53.4 Å². The molecule has 0 saturated carbocycles. The zero-order valence-corrected chi connectivity index (χ0v) is 22.2. The number of nitrogens with one attached hydrogen (secondary N) is 8. The summed E-state index contributed by atoms with van der Waals surface area (Å²) in [6.07, 6.45) is 0. The first kappa shape index (κ1) is 35.2. The van der Waals surface area contributed by atoms with Crippen molar-refractivity contribution in [1.82, 2.24) is 42.5 Å². The van der Waals surface area contributed by atoms with Crippen LogP contribution in [0.5, 0.6) is 0 Å². The number of hydrogen-bond acceptors (Lipinski definition) is 10. The summed E-state index contributed by atoms with van der Waals surface area (Å²) in [6, 6.07) is -3.28. The smallest absolute Gasteiger partial charge is 0.325 e. The van der Waals surface area contributed by atoms with E-state index in [1.54, 1.807) is 0 Å².